The fraction of sp³-hybridized carbons (Fsp3) is 0.438. The first-order valence-corrected chi connectivity index (χ1v) is 9.52. The molecule has 2 atom stereocenters. The molecule has 0 saturated carbocycles. The van der Waals surface area contributed by atoms with Gasteiger partial charge in [0, 0.05) is 12.1 Å². The predicted molar refractivity (Wildman–Crippen MR) is 91.2 cm³/mol. The van der Waals surface area contributed by atoms with Crippen LogP contribution >= 0.6 is 0 Å². The lowest BCUT2D eigenvalue weighted by molar-refractivity contribution is -0.156. The van der Waals surface area contributed by atoms with E-state index < -0.39 is 40.1 Å². The highest BCUT2D eigenvalue weighted by molar-refractivity contribution is 7.90. The molecular weight excluding hydrogens is 362 g/mol. The van der Waals surface area contributed by atoms with E-state index in [1.165, 1.54) is 6.07 Å². The van der Waals surface area contributed by atoms with Crippen molar-refractivity contribution in [3.05, 3.63) is 29.8 Å². The smallest absolute Gasteiger partial charge is 0.337 e. The maximum absolute atomic E-state index is 12.5. The van der Waals surface area contributed by atoms with Crippen LogP contribution in [-0.4, -0.2) is 66.0 Å². The van der Waals surface area contributed by atoms with Crippen LogP contribution in [0.1, 0.15) is 25.3 Å². The molecule has 2 aliphatic heterocycles. The number of hydrogen-bond donors (Lipinski definition) is 3. The number of aliphatic hydroxyl groups is 1. The summed E-state index contributed by atoms with van der Waals surface area (Å²) in [6.07, 6.45) is 1.14. The highest BCUT2D eigenvalue weighted by Gasteiger charge is 2.40. The second-order valence-electron chi connectivity index (χ2n) is 6.53. The molecule has 0 aliphatic carbocycles. The Balaban J connectivity index is 1.82. The van der Waals surface area contributed by atoms with E-state index in [4.69, 9.17) is 5.11 Å². The summed E-state index contributed by atoms with van der Waals surface area (Å²) in [5, 5.41) is 21.1. The Labute approximate surface area is 150 Å². The van der Waals surface area contributed by atoms with Gasteiger partial charge in [-0.15, -0.1) is 4.40 Å². The van der Waals surface area contributed by atoms with Crippen molar-refractivity contribution < 1.29 is 28.2 Å². The third-order valence-electron chi connectivity index (χ3n) is 4.51. The van der Waals surface area contributed by atoms with Gasteiger partial charge in [-0.05, 0) is 31.9 Å². The number of carboxylic acid groups (broad SMARTS) is 1. The molecule has 10 heteroatoms. The average molecular weight is 381 g/mol. The minimum Gasteiger partial charge on any atom is -0.479 e. The molecule has 1 amide bonds. The first kappa shape index (κ1) is 18.3. The Morgan fingerprint density at radius 3 is 2.77 bits per heavy atom. The normalized spacial score (nSPS) is 23.1. The molecular formula is C16H19N3O6S. The first-order valence-electron chi connectivity index (χ1n) is 8.08. The number of carboxylic acids is 1. The van der Waals surface area contributed by atoms with Gasteiger partial charge in [-0.3, -0.25) is 4.79 Å². The van der Waals surface area contributed by atoms with E-state index in [-0.39, 0.29) is 10.7 Å². The van der Waals surface area contributed by atoms with Gasteiger partial charge in [0.25, 0.3) is 10.0 Å². The van der Waals surface area contributed by atoms with E-state index in [9.17, 15) is 23.1 Å². The highest BCUT2D eigenvalue weighted by atomic mass is 32.2. The van der Waals surface area contributed by atoms with Crippen LogP contribution in [0.5, 0.6) is 0 Å². The molecule has 9 nitrogen and oxygen atoms in total. The van der Waals surface area contributed by atoms with Crippen molar-refractivity contribution in [3.63, 3.8) is 0 Å². The second kappa shape index (κ2) is 6.36. The molecule has 3 rings (SSSR count). The number of carbonyl (C=O) groups is 2. The molecule has 0 bridgehead atoms. The number of benzene rings is 1. The van der Waals surface area contributed by atoms with Crippen molar-refractivity contribution in [2.45, 2.75) is 36.3 Å². The molecule has 0 aromatic heterocycles. The van der Waals surface area contributed by atoms with Crippen LogP contribution in [0, 0.1) is 0 Å². The van der Waals surface area contributed by atoms with Gasteiger partial charge in [0.15, 0.2) is 11.4 Å². The molecule has 2 heterocycles. The van der Waals surface area contributed by atoms with E-state index in [0.717, 1.165) is 6.92 Å². The number of rotatable bonds is 4. The third kappa shape index (κ3) is 3.17. The predicted octanol–water partition coefficient (Wildman–Crippen LogP) is -0.448. The molecule has 1 aromatic rings. The Morgan fingerprint density at radius 2 is 2.08 bits per heavy atom. The zero-order valence-electron chi connectivity index (χ0n) is 14.0. The van der Waals surface area contributed by atoms with E-state index in [1.807, 2.05) is 0 Å². The van der Waals surface area contributed by atoms with Gasteiger partial charge in [0.2, 0.25) is 5.91 Å². The van der Waals surface area contributed by atoms with Crippen LogP contribution in [0.3, 0.4) is 0 Å². The van der Waals surface area contributed by atoms with E-state index >= 15 is 0 Å². The van der Waals surface area contributed by atoms with Crippen LogP contribution in [0.2, 0.25) is 0 Å². The lowest BCUT2D eigenvalue weighted by Crippen LogP contribution is -2.52. The Morgan fingerprint density at radius 1 is 1.38 bits per heavy atom. The summed E-state index contributed by atoms with van der Waals surface area (Å²) in [6, 6.07) is 5.73. The molecule has 0 spiro atoms. The minimum absolute atomic E-state index is 0.106. The quantitative estimate of drug-likeness (QED) is 0.643. The fourth-order valence-corrected chi connectivity index (χ4v) is 4.26. The Hall–Kier alpha value is -2.46. The molecule has 140 valence electrons. The van der Waals surface area contributed by atoms with Crippen LogP contribution in [0.25, 0.3) is 0 Å². The summed E-state index contributed by atoms with van der Waals surface area (Å²) in [5.74, 6) is -1.70. The van der Waals surface area contributed by atoms with E-state index in [0.29, 0.717) is 24.9 Å². The molecule has 0 radical (unpaired) electrons. The Bertz CT molecular complexity index is 893. The number of carbonyl (C=O) groups excluding carboxylic acids is 1. The Kier molecular flexibility index (Phi) is 4.49. The minimum atomic E-state index is -3.79. The lowest BCUT2D eigenvalue weighted by atomic mass is 10.1. The van der Waals surface area contributed by atoms with E-state index in [2.05, 4.69) is 9.71 Å². The number of amides is 1. The lowest BCUT2D eigenvalue weighted by Gasteiger charge is -2.27. The van der Waals surface area contributed by atoms with Gasteiger partial charge >= 0.3 is 5.97 Å². The fourth-order valence-electron chi connectivity index (χ4n) is 3.04. The zero-order valence-corrected chi connectivity index (χ0v) is 14.9. The van der Waals surface area contributed by atoms with Gasteiger partial charge in [-0.25, -0.2) is 4.79 Å². The first-order chi connectivity index (χ1) is 12.1. The summed E-state index contributed by atoms with van der Waals surface area (Å²) in [4.78, 5) is 25.2. The number of amidine groups is 1. The molecule has 3 N–H and O–H groups in total. The summed E-state index contributed by atoms with van der Waals surface area (Å²) in [6.45, 7) is 1.09. The highest BCUT2D eigenvalue weighted by Crippen LogP contribution is 2.31. The summed E-state index contributed by atoms with van der Waals surface area (Å²) >= 11 is 0. The van der Waals surface area contributed by atoms with Gasteiger partial charge in [0.05, 0.1) is 6.54 Å². The van der Waals surface area contributed by atoms with Gasteiger partial charge in [-0.1, -0.05) is 12.1 Å². The standard InChI is InChI=1S/C16H19N3O6S/c1-16(23,15(21)22)9-17-14(20)11-6-4-8-19(11)13-10-5-2-3-7-12(10)26(24,25)18-13/h2-3,5,7,11,23H,4,6,8-9H2,1H3,(H,17,20)(H,21,22)/t11-,16?/m0/s1. The molecule has 2 aliphatic rings. The molecule has 26 heavy (non-hydrogen) atoms. The zero-order chi connectivity index (χ0) is 19.1. The van der Waals surface area contributed by atoms with E-state index in [1.54, 1.807) is 23.1 Å². The van der Waals surface area contributed by atoms with Crippen molar-refractivity contribution in [2.24, 2.45) is 4.40 Å². The number of aliphatic carboxylic acids is 1. The number of fused-ring (bicyclic) bond motifs is 1. The van der Waals surface area contributed by atoms with Gasteiger partial charge in [0.1, 0.15) is 10.9 Å². The van der Waals surface area contributed by atoms with Crippen LogP contribution in [0.4, 0.5) is 0 Å². The van der Waals surface area contributed by atoms with Crippen molar-refractivity contribution in [1.29, 1.82) is 0 Å². The SMILES string of the molecule is CC(O)(CNC(=O)[C@@H]1CCCN1C1=NS(=O)(=O)c2ccccc21)C(=O)O. The summed E-state index contributed by atoms with van der Waals surface area (Å²) in [7, 11) is -3.79. The second-order valence-corrected chi connectivity index (χ2v) is 8.11. The molecule has 1 unspecified atom stereocenters. The van der Waals surface area contributed by atoms with Crippen LogP contribution in [-0.2, 0) is 19.6 Å². The molecule has 1 aromatic carbocycles. The average Bonchev–Trinajstić information content (AvgIpc) is 3.16. The summed E-state index contributed by atoms with van der Waals surface area (Å²) < 4.78 is 28.3. The topological polar surface area (TPSA) is 136 Å². The maximum atomic E-state index is 12.5. The van der Waals surface area contributed by atoms with Crippen LogP contribution < -0.4 is 5.32 Å². The van der Waals surface area contributed by atoms with Gasteiger partial charge < -0.3 is 20.4 Å². The maximum Gasteiger partial charge on any atom is 0.337 e. The number of hydrogen-bond acceptors (Lipinski definition) is 6. The van der Waals surface area contributed by atoms with Crippen molar-refractivity contribution in [2.75, 3.05) is 13.1 Å². The molecule has 1 saturated heterocycles. The number of nitrogens with zero attached hydrogens (tertiary/aromatic N) is 2. The largest absolute Gasteiger partial charge is 0.479 e. The van der Waals surface area contributed by atoms with Crippen molar-refractivity contribution in [1.82, 2.24) is 10.2 Å². The van der Waals surface area contributed by atoms with Gasteiger partial charge in [-0.2, -0.15) is 8.42 Å². The third-order valence-corrected chi connectivity index (χ3v) is 5.83. The number of sulfonamides is 1. The van der Waals surface area contributed by atoms with Crippen LogP contribution in [0.15, 0.2) is 33.6 Å². The monoisotopic (exact) mass is 381 g/mol. The molecule has 1 fully saturated rings. The summed E-state index contributed by atoms with van der Waals surface area (Å²) in [5.41, 5.74) is -1.63. The van der Waals surface area contributed by atoms with Crippen molar-refractivity contribution in [3.8, 4) is 0 Å². The number of likely N-dealkylation sites (tertiary alicyclic amines) is 1. The van der Waals surface area contributed by atoms with Crippen molar-refractivity contribution >= 4 is 27.7 Å². The number of nitrogens with one attached hydrogen (secondary N) is 1.